The lowest BCUT2D eigenvalue weighted by Crippen LogP contribution is -2.59. The standard InChI is InChI=1S/C19H25FN2O4/c1-12-4-3-5-13(2)19(12)17(24)22(18(25)21-19)10-15(23)11-26-16-8-6-14(20)7-9-16/h6-9,12-13,15,23H,3-5,10-11H2,1-2H3,(H,21,25). The molecule has 2 aliphatic rings. The first-order valence-electron chi connectivity index (χ1n) is 9.05. The highest BCUT2D eigenvalue weighted by Crippen LogP contribution is 2.42. The highest BCUT2D eigenvalue weighted by Gasteiger charge is 2.58. The first kappa shape index (κ1) is 18.6. The summed E-state index contributed by atoms with van der Waals surface area (Å²) in [7, 11) is 0. The second-order valence-electron chi connectivity index (χ2n) is 7.37. The highest BCUT2D eigenvalue weighted by atomic mass is 19.1. The van der Waals surface area contributed by atoms with Crippen molar-refractivity contribution in [2.24, 2.45) is 11.8 Å². The number of aliphatic hydroxyl groups is 1. The lowest BCUT2D eigenvalue weighted by atomic mass is 9.67. The summed E-state index contributed by atoms with van der Waals surface area (Å²) in [5.74, 6) is -0.115. The van der Waals surface area contributed by atoms with Crippen molar-refractivity contribution in [2.45, 2.75) is 44.8 Å². The first-order valence-corrected chi connectivity index (χ1v) is 9.05. The third-order valence-electron chi connectivity index (χ3n) is 5.64. The molecule has 1 spiro atoms. The first-order chi connectivity index (χ1) is 12.3. The molecule has 3 amide bonds. The van der Waals surface area contributed by atoms with Crippen LogP contribution in [0.15, 0.2) is 24.3 Å². The number of halogens is 1. The molecule has 0 bridgehead atoms. The van der Waals surface area contributed by atoms with Gasteiger partial charge in [0.25, 0.3) is 5.91 Å². The number of amides is 3. The Bertz CT molecular complexity index is 669. The summed E-state index contributed by atoms with van der Waals surface area (Å²) < 4.78 is 18.3. The Morgan fingerprint density at radius 1 is 1.27 bits per heavy atom. The number of nitrogens with one attached hydrogen (secondary N) is 1. The van der Waals surface area contributed by atoms with Crippen LogP contribution in [0.4, 0.5) is 9.18 Å². The van der Waals surface area contributed by atoms with Crippen molar-refractivity contribution in [1.82, 2.24) is 10.2 Å². The monoisotopic (exact) mass is 364 g/mol. The maximum absolute atomic E-state index is 13.0. The number of β-amino-alcohol motifs (C(OH)–C–C–N with tert-alkyl or cyclic N) is 1. The average molecular weight is 364 g/mol. The molecule has 3 unspecified atom stereocenters. The molecule has 1 heterocycles. The minimum Gasteiger partial charge on any atom is -0.491 e. The van der Waals surface area contributed by atoms with Crippen molar-refractivity contribution in [2.75, 3.05) is 13.2 Å². The summed E-state index contributed by atoms with van der Waals surface area (Å²) in [5, 5.41) is 13.1. The van der Waals surface area contributed by atoms with Crippen LogP contribution < -0.4 is 10.1 Å². The fourth-order valence-corrected chi connectivity index (χ4v) is 4.11. The van der Waals surface area contributed by atoms with Crippen molar-refractivity contribution in [3.05, 3.63) is 30.1 Å². The van der Waals surface area contributed by atoms with E-state index in [-0.39, 0.29) is 36.7 Å². The summed E-state index contributed by atoms with van der Waals surface area (Å²) in [6, 6.07) is 4.96. The molecule has 1 saturated heterocycles. The van der Waals surface area contributed by atoms with E-state index in [1.54, 1.807) is 0 Å². The molecule has 3 atom stereocenters. The number of ether oxygens (including phenoxy) is 1. The Balaban J connectivity index is 1.63. The van der Waals surface area contributed by atoms with Gasteiger partial charge in [0.1, 0.15) is 29.8 Å². The van der Waals surface area contributed by atoms with Crippen molar-refractivity contribution in [3.8, 4) is 5.75 Å². The van der Waals surface area contributed by atoms with E-state index >= 15 is 0 Å². The van der Waals surface area contributed by atoms with Crippen LogP contribution in [-0.4, -0.2) is 46.7 Å². The van der Waals surface area contributed by atoms with Gasteiger partial charge in [-0.25, -0.2) is 9.18 Å². The molecular weight excluding hydrogens is 339 g/mol. The topological polar surface area (TPSA) is 78.9 Å². The zero-order chi connectivity index (χ0) is 18.9. The van der Waals surface area contributed by atoms with Crippen molar-refractivity contribution in [3.63, 3.8) is 0 Å². The molecule has 1 aromatic carbocycles. The summed E-state index contributed by atoms with van der Waals surface area (Å²) in [5.41, 5.74) is -0.868. The van der Waals surface area contributed by atoms with E-state index in [9.17, 15) is 19.1 Å². The summed E-state index contributed by atoms with van der Waals surface area (Å²) >= 11 is 0. The Hall–Kier alpha value is -2.15. The molecule has 142 valence electrons. The van der Waals surface area contributed by atoms with Gasteiger partial charge in [0, 0.05) is 0 Å². The number of carbonyl (C=O) groups excluding carboxylic acids is 2. The van der Waals surface area contributed by atoms with Gasteiger partial charge in [-0.1, -0.05) is 20.3 Å². The molecule has 1 aliphatic carbocycles. The molecule has 7 heteroatoms. The van der Waals surface area contributed by atoms with Gasteiger partial charge in [0.05, 0.1) is 6.54 Å². The van der Waals surface area contributed by atoms with Crippen LogP contribution in [0.2, 0.25) is 0 Å². The van der Waals surface area contributed by atoms with Crippen molar-refractivity contribution >= 4 is 11.9 Å². The molecule has 0 aromatic heterocycles. The molecule has 1 aliphatic heterocycles. The van der Waals surface area contributed by atoms with Crippen LogP contribution in [0, 0.1) is 17.7 Å². The molecule has 0 radical (unpaired) electrons. The van der Waals surface area contributed by atoms with Gasteiger partial charge in [0.15, 0.2) is 0 Å². The Labute approximate surface area is 152 Å². The normalized spacial score (nSPS) is 29.8. The quantitative estimate of drug-likeness (QED) is 0.786. The molecule has 1 saturated carbocycles. The smallest absolute Gasteiger partial charge is 0.325 e. The van der Waals surface area contributed by atoms with Crippen molar-refractivity contribution in [1.29, 1.82) is 0 Å². The van der Waals surface area contributed by atoms with Gasteiger partial charge in [-0.05, 0) is 48.9 Å². The number of hydrogen-bond acceptors (Lipinski definition) is 4. The molecular formula is C19H25FN2O4. The third kappa shape index (κ3) is 3.28. The van der Waals surface area contributed by atoms with E-state index < -0.39 is 17.7 Å². The Morgan fingerprint density at radius 2 is 1.88 bits per heavy atom. The maximum Gasteiger partial charge on any atom is 0.325 e. The van der Waals surface area contributed by atoms with Crippen LogP contribution >= 0.6 is 0 Å². The van der Waals surface area contributed by atoms with Gasteiger partial charge in [0.2, 0.25) is 0 Å². The van der Waals surface area contributed by atoms with E-state index in [0.717, 1.165) is 24.2 Å². The predicted molar refractivity (Wildman–Crippen MR) is 93.1 cm³/mol. The second-order valence-corrected chi connectivity index (χ2v) is 7.37. The van der Waals surface area contributed by atoms with Crippen LogP contribution in [0.25, 0.3) is 0 Å². The zero-order valence-electron chi connectivity index (χ0n) is 15.1. The molecule has 3 rings (SSSR count). The number of hydrogen-bond donors (Lipinski definition) is 2. The number of urea groups is 1. The van der Waals surface area contributed by atoms with E-state index in [4.69, 9.17) is 4.74 Å². The van der Waals surface area contributed by atoms with Crippen LogP contribution in [0.5, 0.6) is 5.75 Å². The minimum absolute atomic E-state index is 0.0558. The van der Waals surface area contributed by atoms with Crippen molar-refractivity contribution < 1.29 is 23.8 Å². The fraction of sp³-hybridized carbons (Fsp3) is 0.579. The van der Waals surface area contributed by atoms with E-state index in [1.165, 1.54) is 24.3 Å². The predicted octanol–water partition coefficient (Wildman–Crippen LogP) is 2.31. The van der Waals surface area contributed by atoms with Gasteiger partial charge >= 0.3 is 6.03 Å². The number of aliphatic hydroxyl groups excluding tert-OH is 1. The molecule has 2 N–H and O–H groups in total. The van der Waals surface area contributed by atoms with Gasteiger partial charge in [-0.2, -0.15) is 0 Å². The van der Waals surface area contributed by atoms with E-state index in [1.807, 2.05) is 13.8 Å². The average Bonchev–Trinajstić information content (AvgIpc) is 2.85. The fourth-order valence-electron chi connectivity index (χ4n) is 4.11. The second kappa shape index (κ2) is 7.23. The highest BCUT2D eigenvalue weighted by molar-refractivity contribution is 6.07. The Morgan fingerprint density at radius 3 is 2.50 bits per heavy atom. The maximum atomic E-state index is 13.0. The summed E-state index contributed by atoms with van der Waals surface area (Å²) in [6.45, 7) is 3.75. The lowest BCUT2D eigenvalue weighted by molar-refractivity contribution is -0.137. The van der Waals surface area contributed by atoms with Crippen LogP contribution in [-0.2, 0) is 4.79 Å². The van der Waals surface area contributed by atoms with Gasteiger partial charge in [-0.15, -0.1) is 0 Å². The molecule has 6 nitrogen and oxygen atoms in total. The zero-order valence-corrected chi connectivity index (χ0v) is 15.1. The van der Waals surface area contributed by atoms with Crippen LogP contribution in [0.3, 0.4) is 0 Å². The summed E-state index contributed by atoms with van der Waals surface area (Å²) in [6.07, 6.45) is 1.79. The number of imide groups is 1. The number of rotatable bonds is 5. The Kier molecular flexibility index (Phi) is 5.18. The van der Waals surface area contributed by atoms with Crippen LogP contribution in [0.1, 0.15) is 33.1 Å². The van der Waals surface area contributed by atoms with Gasteiger partial charge in [-0.3, -0.25) is 9.69 Å². The minimum atomic E-state index is -1.03. The van der Waals surface area contributed by atoms with Gasteiger partial charge < -0.3 is 15.2 Å². The number of benzene rings is 1. The summed E-state index contributed by atoms with van der Waals surface area (Å²) in [4.78, 5) is 26.5. The lowest BCUT2D eigenvalue weighted by Gasteiger charge is -2.42. The largest absolute Gasteiger partial charge is 0.491 e. The SMILES string of the molecule is CC1CCCC(C)C12NC(=O)N(CC(O)COc1ccc(F)cc1)C2=O. The van der Waals surface area contributed by atoms with E-state index in [0.29, 0.717) is 5.75 Å². The molecule has 26 heavy (non-hydrogen) atoms. The number of carbonyl (C=O) groups is 2. The third-order valence-corrected chi connectivity index (χ3v) is 5.64. The van der Waals surface area contributed by atoms with E-state index in [2.05, 4.69) is 5.32 Å². The molecule has 2 fully saturated rings. The number of nitrogens with zero attached hydrogens (tertiary/aromatic N) is 1. The molecule has 1 aromatic rings.